The second kappa shape index (κ2) is 6.71. The van der Waals surface area contributed by atoms with Crippen molar-refractivity contribution in [3.63, 3.8) is 0 Å². The molecule has 0 bridgehead atoms. The normalized spacial score (nSPS) is 17.8. The molecule has 2 atom stereocenters. The Kier molecular flexibility index (Phi) is 4.67. The van der Waals surface area contributed by atoms with E-state index in [1.807, 2.05) is 19.1 Å². The highest BCUT2D eigenvalue weighted by Crippen LogP contribution is 2.38. The van der Waals surface area contributed by atoms with Crippen molar-refractivity contribution in [1.82, 2.24) is 0 Å². The van der Waals surface area contributed by atoms with Crippen LogP contribution in [0.4, 0.5) is 4.39 Å². The summed E-state index contributed by atoms with van der Waals surface area (Å²) in [6, 6.07) is 11.7. The number of methoxy groups -OCH3 is 1. The number of rotatable bonds is 4. The average molecular weight is 313 g/mol. The topological polar surface area (TPSA) is 35.2 Å². The van der Waals surface area contributed by atoms with E-state index >= 15 is 0 Å². The summed E-state index contributed by atoms with van der Waals surface area (Å²) in [5, 5.41) is 0. The van der Waals surface area contributed by atoms with E-state index in [9.17, 15) is 4.39 Å². The summed E-state index contributed by atoms with van der Waals surface area (Å²) in [5.74, 6) is 1.00. The van der Waals surface area contributed by atoms with Crippen LogP contribution in [-0.4, -0.2) is 13.2 Å². The molecule has 2 unspecified atom stereocenters. The van der Waals surface area contributed by atoms with Gasteiger partial charge >= 0.3 is 0 Å². The Morgan fingerprint density at radius 1 is 1.13 bits per heavy atom. The zero-order chi connectivity index (χ0) is 16.4. The summed E-state index contributed by atoms with van der Waals surface area (Å²) in [4.78, 5) is 0. The minimum atomic E-state index is -0.154. The van der Waals surface area contributed by atoms with Crippen LogP contribution >= 0.6 is 0 Å². The standard InChI is InChI=1S/C20H24FNO/c1-13(22)3-8-20-18-9-6-16(21)11-14(18)4-5-15-12-17(23-2)7-10-19(15)20/h6-7,9-13,20H,3-5,8,22H2,1-2H3. The third kappa shape index (κ3) is 3.40. The zero-order valence-electron chi connectivity index (χ0n) is 13.8. The summed E-state index contributed by atoms with van der Waals surface area (Å²) >= 11 is 0. The molecule has 3 heteroatoms. The lowest BCUT2D eigenvalue weighted by molar-refractivity contribution is 0.414. The lowest BCUT2D eigenvalue weighted by Gasteiger charge is -2.22. The number of fused-ring (bicyclic) bond motifs is 2. The number of ether oxygens (including phenoxy) is 1. The Hall–Kier alpha value is -1.87. The Balaban J connectivity index is 2.06. The van der Waals surface area contributed by atoms with Crippen LogP contribution < -0.4 is 10.5 Å². The van der Waals surface area contributed by atoms with Gasteiger partial charge in [0.1, 0.15) is 11.6 Å². The van der Waals surface area contributed by atoms with E-state index in [1.165, 1.54) is 16.7 Å². The summed E-state index contributed by atoms with van der Waals surface area (Å²) in [5.41, 5.74) is 11.0. The molecule has 1 aliphatic rings. The molecule has 0 saturated heterocycles. The molecule has 0 spiro atoms. The fraction of sp³-hybridized carbons (Fsp3) is 0.400. The second-order valence-corrected chi connectivity index (χ2v) is 6.52. The lowest BCUT2D eigenvalue weighted by Crippen LogP contribution is -2.16. The van der Waals surface area contributed by atoms with E-state index < -0.39 is 0 Å². The van der Waals surface area contributed by atoms with Gasteiger partial charge in [-0.1, -0.05) is 12.1 Å². The number of benzene rings is 2. The first-order valence-electron chi connectivity index (χ1n) is 8.29. The van der Waals surface area contributed by atoms with Crippen molar-refractivity contribution in [3.05, 3.63) is 64.5 Å². The summed E-state index contributed by atoms with van der Waals surface area (Å²) in [6.07, 6.45) is 3.71. The molecule has 0 amide bonds. The fourth-order valence-corrected chi connectivity index (χ4v) is 3.57. The highest BCUT2D eigenvalue weighted by molar-refractivity contribution is 5.47. The molecule has 0 fully saturated rings. The van der Waals surface area contributed by atoms with Crippen LogP contribution in [0.3, 0.4) is 0 Å². The maximum absolute atomic E-state index is 13.7. The molecule has 122 valence electrons. The molecule has 2 N–H and O–H groups in total. The van der Waals surface area contributed by atoms with Crippen molar-refractivity contribution in [2.45, 2.75) is 44.6 Å². The molecular weight excluding hydrogens is 289 g/mol. The number of nitrogens with two attached hydrogens (primary N) is 1. The molecule has 0 aliphatic heterocycles. The van der Waals surface area contributed by atoms with E-state index in [2.05, 4.69) is 12.1 Å². The van der Waals surface area contributed by atoms with Gasteiger partial charge in [0.15, 0.2) is 0 Å². The molecule has 2 nitrogen and oxygen atoms in total. The van der Waals surface area contributed by atoms with Gasteiger partial charge in [0, 0.05) is 12.0 Å². The van der Waals surface area contributed by atoms with Gasteiger partial charge in [-0.2, -0.15) is 0 Å². The van der Waals surface area contributed by atoms with Crippen molar-refractivity contribution >= 4 is 0 Å². The van der Waals surface area contributed by atoms with Gasteiger partial charge in [-0.3, -0.25) is 0 Å². The largest absolute Gasteiger partial charge is 0.497 e. The molecule has 3 rings (SSSR count). The molecule has 23 heavy (non-hydrogen) atoms. The lowest BCUT2D eigenvalue weighted by atomic mass is 9.84. The molecule has 2 aromatic rings. The Morgan fingerprint density at radius 3 is 2.43 bits per heavy atom. The number of halogens is 1. The van der Waals surface area contributed by atoms with Gasteiger partial charge in [-0.05, 0) is 79.1 Å². The molecular formula is C20H24FNO. The van der Waals surface area contributed by atoms with Crippen LogP contribution in [0, 0.1) is 5.82 Å². The van der Waals surface area contributed by atoms with E-state index in [0.717, 1.165) is 37.0 Å². The van der Waals surface area contributed by atoms with Gasteiger partial charge in [0.2, 0.25) is 0 Å². The van der Waals surface area contributed by atoms with E-state index in [0.29, 0.717) is 0 Å². The highest BCUT2D eigenvalue weighted by atomic mass is 19.1. The third-order valence-corrected chi connectivity index (χ3v) is 4.78. The first-order valence-corrected chi connectivity index (χ1v) is 8.29. The molecule has 0 radical (unpaired) electrons. The quantitative estimate of drug-likeness (QED) is 0.918. The van der Waals surface area contributed by atoms with E-state index in [-0.39, 0.29) is 17.8 Å². The van der Waals surface area contributed by atoms with Crippen LogP contribution in [0.25, 0.3) is 0 Å². The average Bonchev–Trinajstić information content (AvgIpc) is 2.68. The van der Waals surface area contributed by atoms with Crippen molar-refractivity contribution < 1.29 is 9.13 Å². The monoisotopic (exact) mass is 313 g/mol. The van der Waals surface area contributed by atoms with Gasteiger partial charge in [0.05, 0.1) is 7.11 Å². The van der Waals surface area contributed by atoms with E-state index in [4.69, 9.17) is 10.5 Å². The minimum Gasteiger partial charge on any atom is -0.497 e. The van der Waals surface area contributed by atoms with Crippen molar-refractivity contribution in [2.24, 2.45) is 5.73 Å². The highest BCUT2D eigenvalue weighted by Gasteiger charge is 2.24. The molecule has 1 aliphatic carbocycles. The van der Waals surface area contributed by atoms with Crippen LogP contribution in [0.2, 0.25) is 0 Å². The van der Waals surface area contributed by atoms with Crippen LogP contribution in [0.5, 0.6) is 5.75 Å². The minimum absolute atomic E-state index is 0.154. The third-order valence-electron chi connectivity index (χ3n) is 4.78. The number of aryl methyl sites for hydroxylation is 2. The van der Waals surface area contributed by atoms with E-state index in [1.54, 1.807) is 19.2 Å². The van der Waals surface area contributed by atoms with Gasteiger partial charge in [-0.15, -0.1) is 0 Å². The predicted octanol–water partition coefficient (Wildman–Crippen LogP) is 4.19. The molecule has 2 aromatic carbocycles. The summed E-state index contributed by atoms with van der Waals surface area (Å²) < 4.78 is 19.0. The first kappa shape index (κ1) is 16.0. The van der Waals surface area contributed by atoms with Crippen molar-refractivity contribution in [1.29, 1.82) is 0 Å². The van der Waals surface area contributed by atoms with Gasteiger partial charge in [-0.25, -0.2) is 4.39 Å². The number of hydrogen-bond donors (Lipinski definition) is 1. The maximum Gasteiger partial charge on any atom is 0.123 e. The van der Waals surface area contributed by atoms with Crippen molar-refractivity contribution in [3.8, 4) is 5.75 Å². The molecule has 0 saturated carbocycles. The maximum atomic E-state index is 13.7. The van der Waals surface area contributed by atoms with Crippen LogP contribution in [-0.2, 0) is 12.8 Å². The SMILES string of the molecule is COc1ccc2c(c1)CCc1cc(F)ccc1C2CCC(C)N. The fourth-order valence-electron chi connectivity index (χ4n) is 3.57. The summed E-state index contributed by atoms with van der Waals surface area (Å²) in [6.45, 7) is 2.04. The van der Waals surface area contributed by atoms with Crippen molar-refractivity contribution in [2.75, 3.05) is 7.11 Å². The van der Waals surface area contributed by atoms with Gasteiger partial charge < -0.3 is 10.5 Å². The Morgan fingerprint density at radius 2 is 1.78 bits per heavy atom. The molecule has 0 aromatic heterocycles. The predicted molar refractivity (Wildman–Crippen MR) is 91.5 cm³/mol. The molecule has 0 heterocycles. The van der Waals surface area contributed by atoms with Gasteiger partial charge in [0.25, 0.3) is 0 Å². The zero-order valence-corrected chi connectivity index (χ0v) is 13.8. The first-order chi connectivity index (χ1) is 11.1. The van der Waals surface area contributed by atoms with Crippen LogP contribution in [0.15, 0.2) is 36.4 Å². The Bertz CT molecular complexity index is 696. The smallest absolute Gasteiger partial charge is 0.123 e. The Labute approximate surface area is 137 Å². The van der Waals surface area contributed by atoms with Crippen LogP contribution in [0.1, 0.15) is 47.9 Å². The summed E-state index contributed by atoms with van der Waals surface area (Å²) in [7, 11) is 1.69. The number of hydrogen-bond acceptors (Lipinski definition) is 2. The second-order valence-electron chi connectivity index (χ2n) is 6.52.